The summed E-state index contributed by atoms with van der Waals surface area (Å²) in [6.07, 6.45) is 3.37. The first kappa shape index (κ1) is 19.1. The molecule has 2 heterocycles. The molecule has 1 aromatic carbocycles. The number of hydrogen-bond donors (Lipinski definition) is 1. The van der Waals surface area contributed by atoms with E-state index >= 15 is 0 Å². The van der Waals surface area contributed by atoms with Crippen molar-refractivity contribution in [2.45, 2.75) is 11.4 Å². The number of sulfonamides is 1. The molecule has 27 heavy (non-hydrogen) atoms. The van der Waals surface area contributed by atoms with Crippen molar-refractivity contribution in [3.8, 4) is 5.75 Å². The second-order valence-electron chi connectivity index (χ2n) is 6.09. The van der Waals surface area contributed by atoms with Gasteiger partial charge in [-0.25, -0.2) is 13.2 Å². The Morgan fingerprint density at radius 3 is 2.44 bits per heavy atom. The number of aromatic nitrogens is 1. The van der Waals surface area contributed by atoms with Crippen molar-refractivity contribution in [1.82, 2.24) is 19.5 Å². The fraction of sp³-hybridized carbons (Fsp3) is 0.333. The Hall–Kier alpha value is -2.65. The van der Waals surface area contributed by atoms with E-state index in [-0.39, 0.29) is 24.0 Å². The summed E-state index contributed by atoms with van der Waals surface area (Å²) in [4.78, 5) is 18.1. The molecule has 3 rings (SSSR count). The van der Waals surface area contributed by atoms with Crippen LogP contribution in [0.15, 0.2) is 53.7 Å². The number of rotatable bonds is 5. The van der Waals surface area contributed by atoms with Crippen LogP contribution in [0.2, 0.25) is 0 Å². The summed E-state index contributed by atoms with van der Waals surface area (Å²) in [5, 5.41) is 2.83. The van der Waals surface area contributed by atoms with Gasteiger partial charge in [0.1, 0.15) is 5.75 Å². The number of pyridine rings is 1. The minimum Gasteiger partial charge on any atom is -0.497 e. The van der Waals surface area contributed by atoms with E-state index in [1.54, 1.807) is 29.4 Å². The lowest BCUT2D eigenvalue weighted by Gasteiger charge is -2.34. The molecule has 1 aliphatic rings. The van der Waals surface area contributed by atoms with Gasteiger partial charge in [-0.2, -0.15) is 4.31 Å². The summed E-state index contributed by atoms with van der Waals surface area (Å²) >= 11 is 0. The first-order valence-electron chi connectivity index (χ1n) is 8.56. The fourth-order valence-corrected chi connectivity index (χ4v) is 4.24. The highest BCUT2D eigenvalue weighted by atomic mass is 32.2. The second-order valence-corrected chi connectivity index (χ2v) is 8.02. The Morgan fingerprint density at radius 2 is 1.85 bits per heavy atom. The Kier molecular flexibility index (Phi) is 5.92. The third-order valence-corrected chi connectivity index (χ3v) is 6.30. The quantitative estimate of drug-likeness (QED) is 0.831. The van der Waals surface area contributed by atoms with Gasteiger partial charge in [-0.1, -0.05) is 6.07 Å². The molecule has 1 N–H and O–H groups in total. The van der Waals surface area contributed by atoms with Gasteiger partial charge < -0.3 is 15.0 Å². The Morgan fingerprint density at radius 1 is 1.15 bits per heavy atom. The topological polar surface area (TPSA) is 91.8 Å². The summed E-state index contributed by atoms with van der Waals surface area (Å²) in [6.45, 7) is 1.59. The maximum Gasteiger partial charge on any atom is 0.317 e. The van der Waals surface area contributed by atoms with Crippen LogP contribution in [0.25, 0.3) is 0 Å². The van der Waals surface area contributed by atoms with Gasteiger partial charge in [0.2, 0.25) is 10.0 Å². The second kappa shape index (κ2) is 8.36. The van der Waals surface area contributed by atoms with E-state index in [1.165, 1.54) is 23.5 Å². The highest BCUT2D eigenvalue weighted by Gasteiger charge is 2.30. The molecule has 1 saturated heterocycles. The van der Waals surface area contributed by atoms with Gasteiger partial charge in [0.05, 0.1) is 12.0 Å². The number of urea groups is 1. The van der Waals surface area contributed by atoms with Crippen LogP contribution in [-0.4, -0.2) is 61.9 Å². The van der Waals surface area contributed by atoms with Gasteiger partial charge in [0.15, 0.2) is 0 Å². The Balaban J connectivity index is 1.55. The van der Waals surface area contributed by atoms with E-state index in [1.807, 2.05) is 12.1 Å². The first-order valence-corrected chi connectivity index (χ1v) is 10.0. The zero-order valence-electron chi connectivity index (χ0n) is 15.0. The molecule has 0 aliphatic carbocycles. The van der Waals surface area contributed by atoms with E-state index in [4.69, 9.17) is 4.74 Å². The number of benzene rings is 1. The lowest BCUT2D eigenvalue weighted by Crippen LogP contribution is -2.52. The van der Waals surface area contributed by atoms with Crippen LogP contribution in [0.4, 0.5) is 4.79 Å². The molecule has 2 amide bonds. The number of piperazine rings is 1. The van der Waals surface area contributed by atoms with Crippen LogP contribution >= 0.6 is 0 Å². The molecule has 0 bridgehead atoms. The van der Waals surface area contributed by atoms with Crippen LogP contribution in [-0.2, 0) is 16.6 Å². The first-order chi connectivity index (χ1) is 13.0. The minimum absolute atomic E-state index is 0.208. The van der Waals surface area contributed by atoms with E-state index < -0.39 is 10.0 Å². The van der Waals surface area contributed by atoms with Gasteiger partial charge in [-0.15, -0.1) is 0 Å². The standard InChI is InChI=1S/C18H22N4O4S/c1-26-16-4-6-17(7-5-16)27(24,25)22-11-9-21(10-12-22)18(23)20-14-15-3-2-8-19-13-15/h2-8,13H,9-12,14H2,1H3,(H,20,23). The van der Waals surface area contributed by atoms with E-state index in [2.05, 4.69) is 10.3 Å². The highest BCUT2D eigenvalue weighted by molar-refractivity contribution is 7.89. The summed E-state index contributed by atoms with van der Waals surface area (Å²) in [6, 6.07) is 9.78. The normalized spacial score (nSPS) is 15.4. The summed E-state index contributed by atoms with van der Waals surface area (Å²) < 4.78 is 31.9. The lowest BCUT2D eigenvalue weighted by atomic mass is 10.3. The number of carbonyl (C=O) groups is 1. The van der Waals surface area contributed by atoms with Crippen LogP contribution in [0.1, 0.15) is 5.56 Å². The van der Waals surface area contributed by atoms with Gasteiger partial charge in [-0.3, -0.25) is 4.98 Å². The Labute approximate surface area is 158 Å². The number of hydrogen-bond acceptors (Lipinski definition) is 5. The number of nitrogens with one attached hydrogen (secondary N) is 1. The predicted octanol–water partition coefficient (Wildman–Crippen LogP) is 1.31. The van der Waals surface area contributed by atoms with Crippen LogP contribution in [0.3, 0.4) is 0 Å². The fourth-order valence-electron chi connectivity index (χ4n) is 2.82. The molecule has 0 radical (unpaired) electrons. The molecule has 144 valence electrons. The summed E-state index contributed by atoms with van der Waals surface area (Å²) in [5.74, 6) is 0.601. The summed E-state index contributed by atoms with van der Waals surface area (Å²) in [5.41, 5.74) is 0.909. The molecular formula is C18H22N4O4S. The van der Waals surface area contributed by atoms with Crippen molar-refractivity contribution < 1.29 is 17.9 Å². The van der Waals surface area contributed by atoms with Gasteiger partial charge >= 0.3 is 6.03 Å². The van der Waals surface area contributed by atoms with Crippen molar-refractivity contribution >= 4 is 16.1 Å². The van der Waals surface area contributed by atoms with Gasteiger partial charge in [0, 0.05) is 45.1 Å². The van der Waals surface area contributed by atoms with Crippen molar-refractivity contribution in [3.05, 3.63) is 54.4 Å². The maximum absolute atomic E-state index is 12.7. The molecule has 1 fully saturated rings. The number of amides is 2. The van der Waals surface area contributed by atoms with Crippen LogP contribution in [0, 0.1) is 0 Å². The predicted molar refractivity (Wildman–Crippen MR) is 99.8 cm³/mol. The third-order valence-electron chi connectivity index (χ3n) is 4.39. The van der Waals surface area contributed by atoms with E-state index in [0.717, 1.165) is 5.56 Å². The van der Waals surface area contributed by atoms with Gasteiger partial charge in [0.25, 0.3) is 0 Å². The van der Waals surface area contributed by atoms with Gasteiger partial charge in [-0.05, 0) is 35.9 Å². The van der Waals surface area contributed by atoms with E-state index in [9.17, 15) is 13.2 Å². The van der Waals surface area contributed by atoms with Crippen molar-refractivity contribution in [2.24, 2.45) is 0 Å². The number of nitrogens with zero attached hydrogens (tertiary/aromatic N) is 3. The summed E-state index contributed by atoms with van der Waals surface area (Å²) in [7, 11) is -2.05. The zero-order valence-corrected chi connectivity index (χ0v) is 15.9. The molecule has 0 atom stereocenters. The molecule has 0 spiro atoms. The van der Waals surface area contributed by atoms with Crippen LogP contribution in [0.5, 0.6) is 5.75 Å². The third kappa shape index (κ3) is 4.55. The largest absolute Gasteiger partial charge is 0.497 e. The highest BCUT2D eigenvalue weighted by Crippen LogP contribution is 2.20. The molecule has 9 heteroatoms. The van der Waals surface area contributed by atoms with Crippen molar-refractivity contribution in [3.63, 3.8) is 0 Å². The monoisotopic (exact) mass is 390 g/mol. The number of ether oxygens (including phenoxy) is 1. The average molecular weight is 390 g/mol. The lowest BCUT2D eigenvalue weighted by molar-refractivity contribution is 0.172. The molecular weight excluding hydrogens is 368 g/mol. The molecule has 1 aromatic heterocycles. The maximum atomic E-state index is 12.7. The molecule has 0 saturated carbocycles. The number of methoxy groups -OCH3 is 1. The number of carbonyl (C=O) groups excluding carboxylic acids is 1. The SMILES string of the molecule is COc1ccc(S(=O)(=O)N2CCN(C(=O)NCc3cccnc3)CC2)cc1. The van der Waals surface area contributed by atoms with Crippen LogP contribution < -0.4 is 10.1 Å². The molecule has 0 unspecified atom stereocenters. The smallest absolute Gasteiger partial charge is 0.317 e. The Bertz CT molecular complexity index is 864. The van der Waals surface area contributed by atoms with Crippen molar-refractivity contribution in [1.29, 1.82) is 0 Å². The zero-order chi connectivity index (χ0) is 19.3. The molecule has 1 aliphatic heterocycles. The molecule has 8 nitrogen and oxygen atoms in total. The minimum atomic E-state index is -3.58. The molecule has 2 aromatic rings. The van der Waals surface area contributed by atoms with E-state index in [0.29, 0.717) is 25.4 Å². The van der Waals surface area contributed by atoms with Crippen molar-refractivity contribution in [2.75, 3.05) is 33.3 Å². The average Bonchev–Trinajstić information content (AvgIpc) is 2.73.